The Kier molecular flexibility index (Phi) is 4.98. The summed E-state index contributed by atoms with van der Waals surface area (Å²) < 4.78 is 21.0. The van der Waals surface area contributed by atoms with Crippen LogP contribution in [0, 0.1) is 5.82 Å². The van der Waals surface area contributed by atoms with Gasteiger partial charge in [0, 0.05) is 36.8 Å². The summed E-state index contributed by atoms with van der Waals surface area (Å²) in [6, 6.07) is 10.2. The zero-order chi connectivity index (χ0) is 20.6. The zero-order valence-corrected chi connectivity index (χ0v) is 16.9. The number of benzene rings is 1. The van der Waals surface area contributed by atoms with Crippen molar-refractivity contribution in [3.8, 4) is 11.3 Å². The van der Waals surface area contributed by atoms with Gasteiger partial charge in [0.15, 0.2) is 5.65 Å². The molecule has 3 heterocycles. The van der Waals surface area contributed by atoms with Crippen LogP contribution in [0.15, 0.2) is 42.6 Å². The van der Waals surface area contributed by atoms with Crippen LogP contribution in [-0.2, 0) is 4.74 Å². The standard InChI is InChI=1S/C22H25FN4O2/c1-22(2,3)29-21(28)26-11-5-7-16(14-26)19-9-10-24-20-13-18(25-27(19)20)15-6-4-8-17(23)12-15/h4,6,8-10,12-13,16H,5,7,11,14H2,1-3H3/t16-/m1/s1. The van der Waals surface area contributed by atoms with Gasteiger partial charge in [0.1, 0.15) is 11.4 Å². The molecule has 29 heavy (non-hydrogen) atoms. The predicted octanol–water partition coefficient (Wildman–Crippen LogP) is 4.65. The maximum atomic E-state index is 13.6. The van der Waals surface area contributed by atoms with Crippen LogP contribution in [-0.4, -0.2) is 44.3 Å². The second-order valence-electron chi connectivity index (χ2n) is 8.45. The first-order chi connectivity index (χ1) is 13.8. The number of fused-ring (bicyclic) bond motifs is 1. The monoisotopic (exact) mass is 396 g/mol. The third kappa shape index (κ3) is 4.23. The van der Waals surface area contributed by atoms with Gasteiger partial charge in [-0.15, -0.1) is 0 Å². The van der Waals surface area contributed by atoms with Crippen molar-refractivity contribution in [2.75, 3.05) is 13.1 Å². The smallest absolute Gasteiger partial charge is 0.410 e. The van der Waals surface area contributed by atoms with E-state index in [1.54, 1.807) is 17.2 Å². The van der Waals surface area contributed by atoms with Crippen molar-refractivity contribution in [3.05, 3.63) is 54.1 Å². The van der Waals surface area contributed by atoms with Crippen LogP contribution in [0.2, 0.25) is 0 Å². The van der Waals surface area contributed by atoms with Gasteiger partial charge in [-0.2, -0.15) is 5.10 Å². The Hall–Kier alpha value is -2.96. The van der Waals surface area contributed by atoms with Crippen molar-refractivity contribution in [1.82, 2.24) is 19.5 Å². The lowest BCUT2D eigenvalue weighted by atomic mass is 9.95. The summed E-state index contributed by atoms with van der Waals surface area (Å²) in [5.74, 6) is -0.171. The van der Waals surface area contributed by atoms with E-state index in [1.807, 2.05) is 43.5 Å². The SMILES string of the molecule is CC(C)(C)OC(=O)N1CCC[C@@H](c2ccnc3cc(-c4cccc(F)c4)nn23)C1. The summed E-state index contributed by atoms with van der Waals surface area (Å²) in [4.78, 5) is 18.7. The first-order valence-corrected chi connectivity index (χ1v) is 9.89. The van der Waals surface area contributed by atoms with Gasteiger partial charge in [0.2, 0.25) is 0 Å². The third-order valence-electron chi connectivity index (χ3n) is 5.00. The largest absolute Gasteiger partial charge is 0.444 e. The van der Waals surface area contributed by atoms with Crippen LogP contribution in [0.5, 0.6) is 0 Å². The summed E-state index contributed by atoms with van der Waals surface area (Å²) in [6.07, 6.45) is 3.32. The number of carbonyl (C=O) groups is 1. The second-order valence-corrected chi connectivity index (χ2v) is 8.45. The fourth-order valence-corrected chi connectivity index (χ4v) is 3.72. The first kappa shape index (κ1) is 19.4. The fourth-order valence-electron chi connectivity index (χ4n) is 3.72. The minimum absolute atomic E-state index is 0.127. The van der Waals surface area contributed by atoms with E-state index >= 15 is 0 Å². The second kappa shape index (κ2) is 7.46. The average Bonchev–Trinajstić information content (AvgIpc) is 3.11. The number of hydrogen-bond donors (Lipinski definition) is 0. The Bertz CT molecular complexity index is 1040. The predicted molar refractivity (Wildman–Crippen MR) is 108 cm³/mol. The Balaban J connectivity index is 1.63. The lowest BCUT2D eigenvalue weighted by Gasteiger charge is -2.34. The van der Waals surface area contributed by atoms with Crippen molar-refractivity contribution < 1.29 is 13.9 Å². The summed E-state index contributed by atoms with van der Waals surface area (Å²) in [5.41, 5.74) is 2.56. The first-order valence-electron chi connectivity index (χ1n) is 9.89. The molecule has 1 aliphatic rings. The highest BCUT2D eigenvalue weighted by Gasteiger charge is 2.29. The molecule has 0 aliphatic carbocycles. The summed E-state index contributed by atoms with van der Waals surface area (Å²) >= 11 is 0. The molecule has 1 atom stereocenters. The van der Waals surface area contributed by atoms with E-state index in [1.165, 1.54) is 12.1 Å². The highest BCUT2D eigenvalue weighted by molar-refractivity contribution is 5.68. The molecule has 0 saturated carbocycles. The van der Waals surface area contributed by atoms with Crippen molar-refractivity contribution in [2.24, 2.45) is 0 Å². The number of nitrogens with zero attached hydrogens (tertiary/aromatic N) is 4. The van der Waals surface area contributed by atoms with Gasteiger partial charge in [0.25, 0.3) is 0 Å². The molecule has 0 radical (unpaired) electrons. The minimum atomic E-state index is -0.518. The molecule has 0 spiro atoms. The van der Waals surface area contributed by atoms with Gasteiger partial charge in [-0.3, -0.25) is 0 Å². The van der Waals surface area contributed by atoms with Crippen molar-refractivity contribution in [1.29, 1.82) is 0 Å². The molecule has 2 aromatic heterocycles. The van der Waals surface area contributed by atoms with Gasteiger partial charge >= 0.3 is 6.09 Å². The Morgan fingerprint density at radius 2 is 2.07 bits per heavy atom. The van der Waals surface area contributed by atoms with Crippen LogP contribution >= 0.6 is 0 Å². The third-order valence-corrected chi connectivity index (χ3v) is 5.00. The molecule has 0 unspecified atom stereocenters. The molecule has 0 N–H and O–H groups in total. The number of amides is 1. The quantitative estimate of drug-likeness (QED) is 0.633. The van der Waals surface area contributed by atoms with E-state index < -0.39 is 5.60 Å². The molecular weight excluding hydrogens is 371 g/mol. The molecule has 1 fully saturated rings. The molecule has 152 valence electrons. The van der Waals surface area contributed by atoms with Gasteiger partial charge < -0.3 is 9.64 Å². The zero-order valence-electron chi connectivity index (χ0n) is 16.9. The fraction of sp³-hybridized carbons (Fsp3) is 0.409. The Morgan fingerprint density at radius 1 is 1.24 bits per heavy atom. The highest BCUT2D eigenvalue weighted by Crippen LogP contribution is 2.29. The molecule has 6 nitrogen and oxygen atoms in total. The Morgan fingerprint density at radius 3 is 2.83 bits per heavy atom. The number of carbonyl (C=O) groups excluding carboxylic acids is 1. The molecule has 1 saturated heterocycles. The lowest BCUT2D eigenvalue weighted by Crippen LogP contribution is -2.42. The van der Waals surface area contributed by atoms with Crippen LogP contribution in [0.4, 0.5) is 9.18 Å². The highest BCUT2D eigenvalue weighted by atomic mass is 19.1. The van der Waals surface area contributed by atoms with Gasteiger partial charge in [-0.1, -0.05) is 12.1 Å². The van der Waals surface area contributed by atoms with E-state index in [2.05, 4.69) is 10.1 Å². The minimum Gasteiger partial charge on any atom is -0.444 e. The van der Waals surface area contributed by atoms with Crippen molar-refractivity contribution >= 4 is 11.7 Å². The van der Waals surface area contributed by atoms with Crippen LogP contribution in [0.1, 0.15) is 45.2 Å². The number of aromatic nitrogens is 3. The molecule has 1 amide bonds. The molecule has 3 aromatic rings. The number of rotatable bonds is 2. The average molecular weight is 396 g/mol. The lowest BCUT2D eigenvalue weighted by molar-refractivity contribution is 0.0196. The summed E-state index contributed by atoms with van der Waals surface area (Å²) in [7, 11) is 0. The van der Waals surface area contributed by atoms with Crippen molar-refractivity contribution in [3.63, 3.8) is 0 Å². The number of hydrogen-bond acceptors (Lipinski definition) is 4. The molecule has 0 bridgehead atoms. The number of piperidine rings is 1. The van der Waals surface area contributed by atoms with E-state index in [0.717, 1.165) is 18.5 Å². The Labute approximate surface area is 169 Å². The molecular formula is C22H25FN4O2. The maximum Gasteiger partial charge on any atom is 0.410 e. The molecule has 7 heteroatoms. The topological polar surface area (TPSA) is 59.7 Å². The van der Waals surface area contributed by atoms with Crippen LogP contribution < -0.4 is 0 Å². The van der Waals surface area contributed by atoms with E-state index in [-0.39, 0.29) is 17.8 Å². The molecule has 1 aromatic carbocycles. The van der Waals surface area contributed by atoms with E-state index in [4.69, 9.17) is 4.74 Å². The normalized spacial score (nSPS) is 17.5. The summed E-state index contributed by atoms with van der Waals surface area (Å²) in [5, 5.41) is 4.68. The molecule has 4 rings (SSSR count). The van der Waals surface area contributed by atoms with Crippen molar-refractivity contribution in [2.45, 2.75) is 45.1 Å². The van der Waals surface area contributed by atoms with Crippen LogP contribution in [0.25, 0.3) is 16.9 Å². The van der Waals surface area contributed by atoms with Gasteiger partial charge in [0.05, 0.1) is 11.4 Å². The number of likely N-dealkylation sites (tertiary alicyclic amines) is 1. The number of halogens is 1. The van der Waals surface area contributed by atoms with E-state index in [9.17, 15) is 9.18 Å². The van der Waals surface area contributed by atoms with Crippen LogP contribution in [0.3, 0.4) is 0 Å². The van der Waals surface area contributed by atoms with Gasteiger partial charge in [-0.25, -0.2) is 18.7 Å². The van der Waals surface area contributed by atoms with Gasteiger partial charge in [-0.05, 0) is 51.8 Å². The van der Waals surface area contributed by atoms with E-state index in [0.29, 0.717) is 30.0 Å². The summed E-state index contributed by atoms with van der Waals surface area (Å²) in [6.45, 7) is 6.87. The maximum absolute atomic E-state index is 13.6. The molecule has 1 aliphatic heterocycles. The number of ether oxygens (including phenoxy) is 1.